The van der Waals surface area contributed by atoms with Gasteiger partial charge in [-0.2, -0.15) is 0 Å². The summed E-state index contributed by atoms with van der Waals surface area (Å²) >= 11 is 0. The molecule has 0 fully saturated rings. The van der Waals surface area contributed by atoms with Gasteiger partial charge in [0, 0.05) is 12.2 Å². The van der Waals surface area contributed by atoms with Crippen molar-refractivity contribution in [2.24, 2.45) is 0 Å². The molecule has 0 radical (unpaired) electrons. The smallest absolute Gasteiger partial charge is 0.228 e. The molecule has 0 saturated carbocycles. The molecule has 3 nitrogen and oxygen atoms in total. The predicted octanol–water partition coefficient (Wildman–Crippen LogP) is 4.02. The van der Waals surface area contributed by atoms with Gasteiger partial charge in [-0.05, 0) is 48.8 Å². The standard InChI is InChI=1S/C20H26N2O/c1-4-22(5-2)15-17-10-8-12-19(13-17)21-20(23)14-18-11-7-6-9-16(18)3/h6-13H,4-5,14-15H2,1-3H3,(H,21,23). The molecule has 0 aliphatic rings. The first-order valence-electron chi connectivity index (χ1n) is 8.28. The lowest BCUT2D eigenvalue weighted by Gasteiger charge is -2.18. The first kappa shape index (κ1) is 17.2. The zero-order chi connectivity index (χ0) is 16.7. The minimum absolute atomic E-state index is 0.0271. The van der Waals surface area contributed by atoms with Gasteiger partial charge in [0.2, 0.25) is 5.91 Å². The molecule has 0 atom stereocenters. The van der Waals surface area contributed by atoms with Crippen LogP contribution >= 0.6 is 0 Å². The molecule has 0 aliphatic heterocycles. The van der Waals surface area contributed by atoms with Crippen LogP contribution in [0, 0.1) is 6.92 Å². The van der Waals surface area contributed by atoms with Gasteiger partial charge in [0.15, 0.2) is 0 Å². The summed E-state index contributed by atoms with van der Waals surface area (Å²) in [7, 11) is 0. The lowest BCUT2D eigenvalue weighted by molar-refractivity contribution is -0.115. The number of carbonyl (C=O) groups is 1. The average Bonchev–Trinajstić information content (AvgIpc) is 2.55. The van der Waals surface area contributed by atoms with Gasteiger partial charge in [0.1, 0.15) is 0 Å². The summed E-state index contributed by atoms with van der Waals surface area (Å²) in [5.41, 5.74) is 4.32. The topological polar surface area (TPSA) is 32.3 Å². The fourth-order valence-electron chi connectivity index (χ4n) is 2.64. The maximum atomic E-state index is 12.3. The van der Waals surface area contributed by atoms with Crippen LogP contribution in [0.15, 0.2) is 48.5 Å². The summed E-state index contributed by atoms with van der Waals surface area (Å²) in [6, 6.07) is 16.1. The molecule has 0 unspecified atom stereocenters. The number of carbonyl (C=O) groups excluding carboxylic acids is 1. The van der Waals surface area contributed by atoms with Crippen molar-refractivity contribution in [3.63, 3.8) is 0 Å². The molecule has 1 amide bonds. The maximum absolute atomic E-state index is 12.3. The van der Waals surface area contributed by atoms with Gasteiger partial charge in [-0.1, -0.05) is 50.2 Å². The van der Waals surface area contributed by atoms with Crippen molar-refractivity contribution < 1.29 is 4.79 Å². The normalized spacial score (nSPS) is 10.8. The van der Waals surface area contributed by atoms with Crippen LogP contribution in [0.2, 0.25) is 0 Å². The first-order chi connectivity index (χ1) is 11.1. The molecule has 2 rings (SSSR count). The predicted molar refractivity (Wildman–Crippen MR) is 96.6 cm³/mol. The molecule has 1 N–H and O–H groups in total. The van der Waals surface area contributed by atoms with Gasteiger partial charge >= 0.3 is 0 Å². The summed E-state index contributed by atoms with van der Waals surface area (Å²) in [6.45, 7) is 9.33. The number of nitrogens with zero attached hydrogens (tertiary/aromatic N) is 1. The molecule has 0 aromatic heterocycles. The van der Waals surface area contributed by atoms with Crippen LogP contribution in [-0.4, -0.2) is 23.9 Å². The SMILES string of the molecule is CCN(CC)Cc1cccc(NC(=O)Cc2ccccc2C)c1. The van der Waals surface area contributed by atoms with Crippen LogP contribution < -0.4 is 5.32 Å². The minimum atomic E-state index is 0.0271. The fourth-order valence-corrected chi connectivity index (χ4v) is 2.64. The van der Waals surface area contributed by atoms with Gasteiger partial charge < -0.3 is 5.32 Å². The molecule has 2 aromatic carbocycles. The third kappa shape index (κ3) is 5.22. The monoisotopic (exact) mass is 310 g/mol. The third-order valence-electron chi connectivity index (χ3n) is 4.12. The highest BCUT2D eigenvalue weighted by Gasteiger charge is 2.07. The van der Waals surface area contributed by atoms with E-state index in [1.165, 1.54) is 5.56 Å². The van der Waals surface area contributed by atoms with Gasteiger partial charge in [-0.15, -0.1) is 0 Å². The zero-order valence-electron chi connectivity index (χ0n) is 14.3. The van der Waals surface area contributed by atoms with E-state index in [0.29, 0.717) is 6.42 Å². The zero-order valence-corrected chi connectivity index (χ0v) is 14.3. The van der Waals surface area contributed by atoms with Gasteiger partial charge in [0.05, 0.1) is 6.42 Å². The van der Waals surface area contributed by atoms with E-state index >= 15 is 0 Å². The lowest BCUT2D eigenvalue weighted by atomic mass is 10.1. The van der Waals surface area contributed by atoms with E-state index in [1.54, 1.807) is 0 Å². The quantitative estimate of drug-likeness (QED) is 0.838. The second-order valence-electron chi connectivity index (χ2n) is 5.81. The number of nitrogens with one attached hydrogen (secondary N) is 1. The number of amides is 1. The summed E-state index contributed by atoms with van der Waals surface area (Å²) in [5, 5.41) is 3.01. The number of hydrogen-bond donors (Lipinski definition) is 1. The van der Waals surface area contributed by atoms with Crippen LogP contribution in [0.3, 0.4) is 0 Å². The molecule has 3 heteroatoms. The van der Waals surface area contributed by atoms with Crippen LogP contribution in [0.5, 0.6) is 0 Å². The Kier molecular flexibility index (Phi) is 6.36. The highest BCUT2D eigenvalue weighted by Crippen LogP contribution is 2.14. The number of anilines is 1. The molecule has 0 bridgehead atoms. The Morgan fingerprint density at radius 2 is 1.78 bits per heavy atom. The van der Waals surface area contributed by atoms with E-state index < -0.39 is 0 Å². The van der Waals surface area contributed by atoms with Crippen LogP contribution in [0.1, 0.15) is 30.5 Å². The van der Waals surface area contributed by atoms with Crippen LogP contribution in [0.25, 0.3) is 0 Å². The van der Waals surface area contributed by atoms with E-state index in [2.05, 4.69) is 36.2 Å². The Morgan fingerprint density at radius 3 is 2.48 bits per heavy atom. The molecule has 0 aliphatic carbocycles. The van der Waals surface area contributed by atoms with Crippen LogP contribution in [0.4, 0.5) is 5.69 Å². The largest absolute Gasteiger partial charge is 0.326 e. The number of benzene rings is 2. The first-order valence-corrected chi connectivity index (χ1v) is 8.28. The van der Waals surface area contributed by atoms with Gasteiger partial charge in [0.25, 0.3) is 0 Å². The van der Waals surface area contributed by atoms with E-state index in [-0.39, 0.29) is 5.91 Å². The molecule has 2 aromatic rings. The van der Waals surface area contributed by atoms with Crippen molar-refractivity contribution >= 4 is 11.6 Å². The maximum Gasteiger partial charge on any atom is 0.228 e. The van der Waals surface area contributed by atoms with Crippen molar-refractivity contribution in [2.75, 3.05) is 18.4 Å². The van der Waals surface area contributed by atoms with Crippen LogP contribution in [-0.2, 0) is 17.8 Å². The Bertz CT molecular complexity index is 648. The van der Waals surface area contributed by atoms with Gasteiger partial charge in [-0.3, -0.25) is 9.69 Å². The van der Waals surface area contributed by atoms with E-state index in [4.69, 9.17) is 0 Å². The molecular formula is C20H26N2O. The summed E-state index contributed by atoms with van der Waals surface area (Å²) < 4.78 is 0. The van der Waals surface area contributed by atoms with Crippen molar-refractivity contribution in [1.82, 2.24) is 4.90 Å². The van der Waals surface area contributed by atoms with Gasteiger partial charge in [-0.25, -0.2) is 0 Å². The summed E-state index contributed by atoms with van der Waals surface area (Å²) in [5.74, 6) is 0.0271. The Balaban J connectivity index is 2.00. The average molecular weight is 310 g/mol. The Hall–Kier alpha value is -2.13. The number of rotatable bonds is 7. The number of aryl methyl sites for hydroxylation is 1. The van der Waals surface area contributed by atoms with Crippen molar-refractivity contribution in [3.8, 4) is 0 Å². The molecule has 122 valence electrons. The molecule has 0 spiro atoms. The third-order valence-corrected chi connectivity index (χ3v) is 4.12. The highest BCUT2D eigenvalue weighted by molar-refractivity contribution is 5.92. The molecule has 23 heavy (non-hydrogen) atoms. The summed E-state index contributed by atoms with van der Waals surface area (Å²) in [6.07, 6.45) is 0.410. The molecular weight excluding hydrogens is 284 g/mol. The van der Waals surface area contributed by atoms with Crippen molar-refractivity contribution in [3.05, 3.63) is 65.2 Å². The second-order valence-corrected chi connectivity index (χ2v) is 5.81. The highest BCUT2D eigenvalue weighted by atomic mass is 16.1. The Morgan fingerprint density at radius 1 is 1.04 bits per heavy atom. The van der Waals surface area contributed by atoms with E-state index in [0.717, 1.165) is 36.4 Å². The Labute approximate surface area is 139 Å². The minimum Gasteiger partial charge on any atom is -0.326 e. The van der Waals surface area contributed by atoms with E-state index in [1.807, 2.05) is 43.3 Å². The summed E-state index contributed by atoms with van der Waals surface area (Å²) in [4.78, 5) is 14.6. The molecule has 0 heterocycles. The van der Waals surface area contributed by atoms with Crippen molar-refractivity contribution in [1.29, 1.82) is 0 Å². The number of hydrogen-bond acceptors (Lipinski definition) is 2. The second kappa shape index (κ2) is 8.49. The lowest BCUT2D eigenvalue weighted by Crippen LogP contribution is -2.22. The van der Waals surface area contributed by atoms with Crippen molar-refractivity contribution in [2.45, 2.75) is 33.7 Å². The molecule has 0 saturated heterocycles. The fraction of sp³-hybridized carbons (Fsp3) is 0.350. The van der Waals surface area contributed by atoms with E-state index in [9.17, 15) is 4.79 Å².